The lowest BCUT2D eigenvalue weighted by Crippen LogP contribution is -2.53. The summed E-state index contributed by atoms with van der Waals surface area (Å²) in [6.07, 6.45) is -1.87. The lowest BCUT2D eigenvalue weighted by molar-refractivity contribution is -0.134. The van der Waals surface area contributed by atoms with Crippen molar-refractivity contribution in [2.24, 2.45) is 17.3 Å². The molecule has 0 amide bonds. The summed E-state index contributed by atoms with van der Waals surface area (Å²) in [5.41, 5.74) is -0.00704. The largest absolute Gasteiger partial charge is 0.364 e. The molecule has 184 valence electrons. The molecule has 0 bridgehead atoms. The monoisotopic (exact) mass is 496 g/mol. The van der Waals surface area contributed by atoms with Crippen LogP contribution in [0.15, 0.2) is 121 Å². The maximum Gasteiger partial charge on any atom is 0.171 e. The molecule has 1 heterocycles. The molecule has 1 fully saturated rings. The van der Waals surface area contributed by atoms with Crippen molar-refractivity contribution in [1.29, 1.82) is 10.5 Å². The van der Waals surface area contributed by atoms with Gasteiger partial charge in [-0.15, -0.1) is 0 Å². The molecule has 4 atom stereocenters. The van der Waals surface area contributed by atoms with E-state index in [-0.39, 0.29) is 0 Å². The van der Waals surface area contributed by atoms with Gasteiger partial charge in [-0.05, 0) is 11.1 Å². The van der Waals surface area contributed by atoms with E-state index in [1.165, 1.54) is 0 Å². The number of carbonyl (C=O) groups is 2. The van der Waals surface area contributed by atoms with Crippen molar-refractivity contribution >= 4 is 11.6 Å². The highest BCUT2D eigenvalue weighted by Crippen LogP contribution is 2.57. The van der Waals surface area contributed by atoms with Crippen LogP contribution < -0.4 is 0 Å². The van der Waals surface area contributed by atoms with Crippen LogP contribution in [-0.4, -0.2) is 11.6 Å². The first-order chi connectivity index (χ1) is 18.6. The highest BCUT2D eigenvalue weighted by molar-refractivity contribution is 6.03. The predicted octanol–water partition coefficient (Wildman–Crippen LogP) is 6.53. The fraction of sp³-hybridized carbons (Fsp3) is 0.152. The summed E-state index contributed by atoms with van der Waals surface area (Å²) in [5, 5.41) is 21.5. The smallest absolute Gasteiger partial charge is 0.171 e. The maximum atomic E-state index is 14.2. The van der Waals surface area contributed by atoms with Gasteiger partial charge in [0.25, 0.3) is 0 Å². The molecule has 5 heteroatoms. The number of hydrogen-bond acceptors (Lipinski definition) is 5. The number of ether oxygens (including phenoxy) is 1. The Bertz CT molecular complexity index is 1390. The number of hydrogen-bond donors (Lipinski definition) is 0. The lowest BCUT2D eigenvalue weighted by Gasteiger charge is -2.48. The molecular weight excluding hydrogens is 472 g/mol. The third-order valence-corrected chi connectivity index (χ3v) is 7.19. The second-order valence-electron chi connectivity index (χ2n) is 9.31. The van der Waals surface area contributed by atoms with Crippen LogP contribution in [0, 0.1) is 39.9 Å². The molecule has 5 rings (SSSR count). The third kappa shape index (κ3) is 4.30. The topological polar surface area (TPSA) is 91.0 Å². The van der Waals surface area contributed by atoms with Gasteiger partial charge in [0.15, 0.2) is 17.0 Å². The van der Waals surface area contributed by atoms with Gasteiger partial charge < -0.3 is 4.74 Å². The van der Waals surface area contributed by atoms with Crippen LogP contribution in [0.2, 0.25) is 0 Å². The third-order valence-electron chi connectivity index (χ3n) is 7.19. The summed E-state index contributed by atoms with van der Waals surface area (Å²) in [7, 11) is 0. The lowest BCUT2D eigenvalue weighted by atomic mass is 9.57. The zero-order valence-electron chi connectivity index (χ0n) is 20.5. The minimum absolute atomic E-state index is 0.348. The van der Waals surface area contributed by atoms with Crippen molar-refractivity contribution in [3.63, 3.8) is 0 Å². The van der Waals surface area contributed by atoms with E-state index in [4.69, 9.17) is 4.74 Å². The normalized spacial score (nSPS) is 21.9. The molecule has 1 aliphatic rings. The summed E-state index contributed by atoms with van der Waals surface area (Å²) < 4.78 is 6.68. The Morgan fingerprint density at radius 1 is 0.553 bits per heavy atom. The number of Topliss-reactive ketones (excluding diaryl/α,β-unsaturated/α-hetero) is 2. The molecule has 4 aromatic rings. The van der Waals surface area contributed by atoms with Crippen molar-refractivity contribution in [3.05, 3.63) is 144 Å². The van der Waals surface area contributed by atoms with E-state index in [1.807, 2.05) is 60.7 Å². The molecule has 4 unspecified atom stereocenters. The van der Waals surface area contributed by atoms with Crippen molar-refractivity contribution in [1.82, 2.24) is 0 Å². The van der Waals surface area contributed by atoms with Gasteiger partial charge in [-0.3, -0.25) is 9.59 Å². The van der Waals surface area contributed by atoms with E-state index in [9.17, 15) is 20.1 Å². The molecule has 0 spiro atoms. The number of nitriles is 2. The number of benzene rings is 4. The highest BCUT2D eigenvalue weighted by atomic mass is 16.5. The van der Waals surface area contributed by atoms with Crippen LogP contribution in [0.1, 0.15) is 44.1 Å². The first kappa shape index (κ1) is 24.8. The van der Waals surface area contributed by atoms with E-state index in [0.29, 0.717) is 22.3 Å². The van der Waals surface area contributed by atoms with Crippen LogP contribution in [0.4, 0.5) is 0 Å². The Hall–Kier alpha value is -4.84. The van der Waals surface area contributed by atoms with Crippen LogP contribution in [-0.2, 0) is 4.74 Å². The van der Waals surface area contributed by atoms with Gasteiger partial charge in [-0.25, -0.2) is 0 Å². The molecule has 4 aromatic carbocycles. The van der Waals surface area contributed by atoms with E-state index in [2.05, 4.69) is 12.1 Å². The van der Waals surface area contributed by atoms with Crippen LogP contribution >= 0.6 is 0 Å². The van der Waals surface area contributed by atoms with Crippen LogP contribution in [0.3, 0.4) is 0 Å². The molecule has 0 N–H and O–H groups in total. The summed E-state index contributed by atoms with van der Waals surface area (Å²) in [5.74, 6) is -3.33. The summed E-state index contributed by atoms with van der Waals surface area (Å²) >= 11 is 0. The van der Waals surface area contributed by atoms with Gasteiger partial charge >= 0.3 is 0 Å². The average molecular weight is 497 g/mol. The number of carbonyl (C=O) groups excluding carboxylic acids is 2. The fourth-order valence-electron chi connectivity index (χ4n) is 5.37. The van der Waals surface area contributed by atoms with E-state index >= 15 is 0 Å². The van der Waals surface area contributed by atoms with E-state index in [0.717, 1.165) is 0 Å². The first-order valence-corrected chi connectivity index (χ1v) is 12.4. The van der Waals surface area contributed by atoms with Crippen molar-refractivity contribution in [2.45, 2.75) is 12.2 Å². The molecule has 0 aliphatic carbocycles. The molecule has 5 nitrogen and oxygen atoms in total. The zero-order chi connectivity index (χ0) is 26.5. The Morgan fingerprint density at radius 3 is 1.18 bits per heavy atom. The minimum Gasteiger partial charge on any atom is -0.364 e. The highest BCUT2D eigenvalue weighted by Gasteiger charge is 2.63. The van der Waals surface area contributed by atoms with Gasteiger partial charge in [0, 0.05) is 11.1 Å². The van der Waals surface area contributed by atoms with Gasteiger partial charge in [0.05, 0.1) is 36.2 Å². The summed E-state index contributed by atoms with van der Waals surface area (Å²) in [6.45, 7) is 0. The van der Waals surface area contributed by atoms with Crippen molar-refractivity contribution in [3.8, 4) is 12.1 Å². The molecule has 0 aromatic heterocycles. The van der Waals surface area contributed by atoms with E-state index in [1.54, 1.807) is 60.7 Å². The van der Waals surface area contributed by atoms with Gasteiger partial charge in [0.1, 0.15) is 0 Å². The fourth-order valence-corrected chi connectivity index (χ4v) is 5.37. The Morgan fingerprint density at radius 2 is 0.868 bits per heavy atom. The number of rotatable bonds is 6. The second kappa shape index (κ2) is 10.6. The molecule has 0 saturated carbocycles. The Kier molecular flexibility index (Phi) is 6.96. The zero-order valence-corrected chi connectivity index (χ0v) is 20.5. The van der Waals surface area contributed by atoms with Crippen molar-refractivity contribution < 1.29 is 14.3 Å². The maximum absolute atomic E-state index is 14.2. The van der Waals surface area contributed by atoms with Gasteiger partial charge in [-0.1, -0.05) is 121 Å². The molecule has 1 saturated heterocycles. The van der Waals surface area contributed by atoms with Crippen molar-refractivity contribution in [2.75, 3.05) is 0 Å². The Labute approximate surface area is 221 Å². The number of nitrogens with zero attached hydrogens (tertiary/aromatic N) is 2. The summed E-state index contributed by atoms with van der Waals surface area (Å²) in [6, 6.07) is 39.7. The predicted molar refractivity (Wildman–Crippen MR) is 142 cm³/mol. The quantitative estimate of drug-likeness (QED) is 0.283. The second-order valence-corrected chi connectivity index (χ2v) is 9.31. The van der Waals surface area contributed by atoms with Crippen LogP contribution in [0.25, 0.3) is 0 Å². The van der Waals surface area contributed by atoms with E-state index < -0.39 is 41.0 Å². The van der Waals surface area contributed by atoms with Gasteiger partial charge in [-0.2, -0.15) is 10.5 Å². The van der Waals surface area contributed by atoms with Gasteiger partial charge in [0.2, 0.25) is 0 Å². The minimum atomic E-state index is -2.01. The van der Waals surface area contributed by atoms with Crippen LogP contribution in [0.5, 0.6) is 0 Å². The molecule has 0 radical (unpaired) electrons. The standard InChI is InChI=1S/C33H24N2O3/c34-21-33(22-35)27(29(36)23-13-5-1-6-14-23)31(25-17-9-3-10-18-25)38-32(26-19-11-4-12-20-26)28(33)30(37)24-15-7-2-8-16-24/h1-20,27-28,31-32H. The molecular formula is C33H24N2O3. The Balaban J connectivity index is 1.78. The summed E-state index contributed by atoms with van der Waals surface area (Å²) in [4.78, 5) is 28.3. The first-order valence-electron chi connectivity index (χ1n) is 12.4. The molecule has 1 aliphatic heterocycles. The number of ketones is 2. The SMILES string of the molecule is N#CC1(C#N)C(C(=O)c2ccccc2)C(c2ccccc2)OC(c2ccccc2)C1C(=O)c1ccccc1. The molecule has 38 heavy (non-hydrogen) atoms. The average Bonchev–Trinajstić information content (AvgIpc) is 3.01.